The minimum absolute atomic E-state index is 0.157. The summed E-state index contributed by atoms with van der Waals surface area (Å²) in [5.74, 6) is 0.584. The number of nitrogens with two attached hydrogens (primary N) is 1. The number of guanidine groups is 1. The van der Waals surface area contributed by atoms with Crippen LogP contribution in [0.5, 0.6) is 0 Å². The Morgan fingerprint density at radius 2 is 1.86 bits per heavy atom. The van der Waals surface area contributed by atoms with E-state index in [0.29, 0.717) is 12.5 Å². The summed E-state index contributed by atoms with van der Waals surface area (Å²) in [5, 5.41) is 0. The Balaban J connectivity index is 1.98. The van der Waals surface area contributed by atoms with E-state index in [1.165, 1.54) is 16.7 Å². The number of halogens is 1. The predicted octanol–water partition coefficient (Wildman–Crippen LogP) is 3.94. The number of hydrogen-bond donors (Lipinski definition) is 1. The van der Waals surface area contributed by atoms with Crippen LogP contribution in [0, 0.1) is 13.8 Å². The maximum Gasteiger partial charge on any atom is 0.196 e. The third-order valence-corrected chi connectivity index (χ3v) is 4.73. The van der Waals surface area contributed by atoms with E-state index in [-0.39, 0.29) is 6.04 Å². The molecular weight excluding hydrogens is 326 g/mol. The lowest BCUT2D eigenvalue weighted by atomic mass is 10.0. The molecule has 0 bridgehead atoms. The fraction of sp³-hybridized carbons (Fsp3) is 0.235. The number of hydrogen-bond acceptors (Lipinski definition) is 3. The van der Waals surface area contributed by atoms with Crippen LogP contribution in [0.25, 0.3) is 0 Å². The van der Waals surface area contributed by atoms with Crippen molar-refractivity contribution in [2.45, 2.75) is 19.9 Å². The standard InChI is InChI=1S/C17H18BrN3/c1-11-3-7-14(8-4-11)21-16(10-20-17(21)19)13-6-5-12(2)15(18)9-13/h3-9,16H,10H2,1-2H3,(H2,19,20). The molecule has 2 aromatic rings. The summed E-state index contributed by atoms with van der Waals surface area (Å²) in [4.78, 5) is 6.54. The van der Waals surface area contributed by atoms with Gasteiger partial charge in [0.2, 0.25) is 0 Å². The number of anilines is 1. The van der Waals surface area contributed by atoms with Gasteiger partial charge in [0.05, 0.1) is 12.6 Å². The van der Waals surface area contributed by atoms with Crippen molar-refractivity contribution in [3.63, 3.8) is 0 Å². The molecule has 0 aliphatic carbocycles. The molecule has 0 fully saturated rings. The molecule has 4 heteroatoms. The summed E-state index contributed by atoms with van der Waals surface area (Å²) in [6, 6.07) is 15.0. The molecule has 0 amide bonds. The normalized spacial score (nSPS) is 18.0. The zero-order valence-corrected chi connectivity index (χ0v) is 13.8. The lowest BCUT2D eigenvalue weighted by Crippen LogP contribution is -2.36. The largest absolute Gasteiger partial charge is 0.369 e. The van der Waals surface area contributed by atoms with Crippen molar-refractivity contribution in [3.8, 4) is 0 Å². The molecule has 1 unspecified atom stereocenters. The maximum absolute atomic E-state index is 6.11. The fourth-order valence-electron chi connectivity index (χ4n) is 2.59. The molecule has 0 saturated heterocycles. The summed E-state index contributed by atoms with van der Waals surface area (Å²) in [6.07, 6.45) is 0. The summed E-state index contributed by atoms with van der Waals surface area (Å²) in [7, 11) is 0. The quantitative estimate of drug-likeness (QED) is 0.897. The molecule has 3 nitrogen and oxygen atoms in total. The van der Waals surface area contributed by atoms with E-state index in [9.17, 15) is 0 Å². The molecule has 2 N–H and O–H groups in total. The zero-order chi connectivity index (χ0) is 15.0. The van der Waals surface area contributed by atoms with Gasteiger partial charge in [-0.1, -0.05) is 45.8 Å². The maximum atomic E-state index is 6.11. The van der Waals surface area contributed by atoms with E-state index in [2.05, 4.69) is 82.1 Å². The average Bonchev–Trinajstić information content (AvgIpc) is 2.85. The monoisotopic (exact) mass is 343 g/mol. The summed E-state index contributed by atoms with van der Waals surface area (Å²) >= 11 is 3.61. The van der Waals surface area contributed by atoms with E-state index in [1.54, 1.807) is 0 Å². The van der Waals surface area contributed by atoms with E-state index >= 15 is 0 Å². The SMILES string of the molecule is Cc1ccc(N2C(N)=NCC2c2ccc(C)c(Br)c2)cc1. The van der Waals surface area contributed by atoms with Crippen LogP contribution in [0.4, 0.5) is 5.69 Å². The van der Waals surface area contributed by atoms with Crippen LogP contribution in [-0.4, -0.2) is 12.5 Å². The molecule has 2 aromatic carbocycles. The summed E-state index contributed by atoms with van der Waals surface area (Å²) in [5.41, 5.74) is 10.9. The van der Waals surface area contributed by atoms with Crippen molar-refractivity contribution in [3.05, 3.63) is 63.6 Å². The Morgan fingerprint density at radius 1 is 1.14 bits per heavy atom. The molecule has 3 rings (SSSR count). The predicted molar refractivity (Wildman–Crippen MR) is 91.8 cm³/mol. The Kier molecular flexibility index (Phi) is 3.72. The second-order valence-electron chi connectivity index (χ2n) is 5.43. The molecule has 108 valence electrons. The highest BCUT2D eigenvalue weighted by molar-refractivity contribution is 9.10. The average molecular weight is 344 g/mol. The van der Waals surface area contributed by atoms with Gasteiger partial charge in [-0.05, 0) is 43.2 Å². The molecule has 0 saturated carbocycles. The van der Waals surface area contributed by atoms with E-state index in [4.69, 9.17) is 5.73 Å². The molecule has 1 aliphatic heterocycles. The second kappa shape index (κ2) is 5.53. The molecular formula is C17H18BrN3. The highest BCUT2D eigenvalue weighted by Crippen LogP contribution is 2.33. The van der Waals surface area contributed by atoms with Crippen LogP contribution in [0.2, 0.25) is 0 Å². The van der Waals surface area contributed by atoms with Gasteiger partial charge in [0.15, 0.2) is 5.96 Å². The molecule has 1 atom stereocenters. The Hall–Kier alpha value is -1.81. The molecule has 0 radical (unpaired) electrons. The summed E-state index contributed by atoms with van der Waals surface area (Å²) < 4.78 is 1.12. The van der Waals surface area contributed by atoms with Crippen LogP contribution in [0.3, 0.4) is 0 Å². The van der Waals surface area contributed by atoms with Crippen molar-refractivity contribution in [1.82, 2.24) is 0 Å². The van der Waals surface area contributed by atoms with Crippen LogP contribution in [0.15, 0.2) is 51.9 Å². The zero-order valence-electron chi connectivity index (χ0n) is 12.2. The Morgan fingerprint density at radius 3 is 2.52 bits per heavy atom. The van der Waals surface area contributed by atoms with E-state index in [1.807, 2.05) is 0 Å². The fourth-order valence-corrected chi connectivity index (χ4v) is 2.98. The molecule has 21 heavy (non-hydrogen) atoms. The second-order valence-corrected chi connectivity index (χ2v) is 6.28. The summed E-state index contributed by atoms with van der Waals surface area (Å²) in [6.45, 7) is 4.86. The first-order valence-corrected chi connectivity index (χ1v) is 7.77. The first-order chi connectivity index (χ1) is 10.1. The smallest absolute Gasteiger partial charge is 0.196 e. The van der Waals surface area contributed by atoms with Gasteiger partial charge in [-0.2, -0.15) is 0 Å². The Bertz CT molecular complexity index is 692. The van der Waals surface area contributed by atoms with Crippen molar-refractivity contribution >= 4 is 27.6 Å². The van der Waals surface area contributed by atoms with E-state index in [0.717, 1.165) is 10.2 Å². The van der Waals surface area contributed by atoms with Crippen LogP contribution in [0.1, 0.15) is 22.7 Å². The third-order valence-electron chi connectivity index (χ3n) is 3.88. The van der Waals surface area contributed by atoms with Gasteiger partial charge in [0.25, 0.3) is 0 Å². The van der Waals surface area contributed by atoms with Crippen LogP contribution in [-0.2, 0) is 0 Å². The molecule has 0 aromatic heterocycles. The van der Waals surface area contributed by atoms with Gasteiger partial charge in [0.1, 0.15) is 0 Å². The first kappa shape index (κ1) is 14.1. The molecule has 1 aliphatic rings. The lowest BCUT2D eigenvalue weighted by Gasteiger charge is -2.27. The van der Waals surface area contributed by atoms with E-state index < -0.39 is 0 Å². The van der Waals surface area contributed by atoms with Gasteiger partial charge >= 0.3 is 0 Å². The molecule has 1 heterocycles. The number of aryl methyl sites for hydroxylation is 2. The molecule has 0 spiro atoms. The van der Waals surface area contributed by atoms with Crippen molar-refractivity contribution in [2.24, 2.45) is 10.7 Å². The lowest BCUT2D eigenvalue weighted by molar-refractivity contribution is 0.767. The minimum atomic E-state index is 0.157. The number of benzene rings is 2. The third kappa shape index (κ3) is 2.68. The number of nitrogens with zero attached hydrogens (tertiary/aromatic N) is 2. The van der Waals surface area contributed by atoms with Gasteiger partial charge in [0, 0.05) is 10.2 Å². The van der Waals surface area contributed by atoms with Crippen LogP contribution >= 0.6 is 15.9 Å². The van der Waals surface area contributed by atoms with Gasteiger partial charge in [-0.3, -0.25) is 4.99 Å². The van der Waals surface area contributed by atoms with Gasteiger partial charge in [-0.25, -0.2) is 0 Å². The minimum Gasteiger partial charge on any atom is -0.369 e. The highest BCUT2D eigenvalue weighted by Gasteiger charge is 2.28. The highest BCUT2D eigenvalue weighted by atomic mass is 79.9. The van der Waals surface area contributed by atoms with Crippen molar-refractivity contribution < 1.29 is 0 Å². The van der Waals surface area contributed by atoms with Gasteiger partial charge < -0.3 is 10.6 Å². The topological polar surface area (TPSA) is 41.6 Å². The number of aliphatic imine (C=N–C) groups is 1. The van der Waals surface area contributed by atoms with Crippen LogP contribution < -0.4 is 10.6 Å². The number of rotatable bonds is 2. The van der Waals surface area contributed by atoms with Gasteiger partial charge in [-0.15, -0.1) is 0 Å². The van der Waals surface area contributed by atoms with Crippen molar-refractivity contribution in [2.75, 3.05) is 11.4 Å². The Labute approximate surface area is 133 Å². The first-order valence-electron chi connectivity index (χ1n) is 6.98. The van der Waals surface area contributed by atoms with Crippen molar-refractivity contribution in [1.29, 1.82) is 0 Å².